The van der Waals surface area contributed by atoms with Crippen LogP contribution in [0, 0.1) is 10.1 Å². The van der Waals surface area contributed by atoms with Crippen molar-refractivity contribution in [1.29, 1.82) is 0 Å². The topological polar surface area (TPSA) is 137 Å². The molecular weight excluding hydrogens is 442 g/mol. The van der Waals surface area contributed by atoms with Crippen molar-refractivity contribution in [3.05, 3.63) is 52.3 Å². The van der Waals surface area contributed by atoms with E-state index in [-0.39, 0.29) is 42.9 Å². The summed E-state index contributed by atoms with van der Waals surface area (Å²) in [5.74, 6) is -0.796. The molecule has 0 fully saturated rings. The minimum atomic E-state index is -0.670. The first-order valence-electron chi connectivity index (χ1n) is 10.9. The Hall–Kier alpha value is -3.76. The van der Waals surface area contributed by atoms with E-state index in [1.165, 1.54) is 18.3 Å². The van der Waals surface area contributed by atoms with E-state index in [1.54, 1.807) is 20.8 Å². The van der Waals surface area contributed by atoms with Crippen molar-refractivity contribution in [3.8, 4) is 0 Å². The number of likely N-dealkylation sites (N-methyl/N-ethyl adjacent to an activating group) is 1. The van der Waals surface area contributed by atoms with Crippen LogP contribution in [0.3, 0.4) is 0 Å². The molecule has 0 bridgehead atoms. The van der Waals surface area contributed by atoms with E-state index >= 15 is 0 Å². The summed E-state index contributed by atoms with van der Waals surface area (Å²) in [4.78, 5) is 44.4. The maximum atomic E-state index is 12.1. The third-order valence-corrected chi connectivity index (χ3v) is 4.48. The molecule has 0 amide bonds. The summed E-state index contributed by atoms with van der Waals surface area (Å²) in [6.07, 6.45) is 2.55. The predicted octanol–water partition coefficient (Wildman–Crippen LogP) is 3.49. The van der Waals surface area contributed by atoms with Gasteiger partial charge in [0.15, 0.2) is 0 Å². The molecule has 0 aliphatic heterocycles. The van der Waals surface area contributed by atoms with E-state index in [2.05, 4.69) is 15.3 Å². The van der Waals surface area contributed by atoms with E-state index < -0.39 is 16.5 Å². The van der Waals surface area contributed by atoms with Crippen LogP contribution >= 0.6 is 0 Å². The summed E-state index contributed by atoms with van der Waals surface area (Å²) in [6, 6.07) is 9.40. The highest BCUT2D eigenvalue weighted by Gasteiger charge is 2.27. The monoisotopic (exact) mass is 473 g/mol. The first-order chi connectivity index (χ1) is 16.1. The fourth-order valence-electron chi connectivity index (χ4n) is 3.00. The number of carbonyl (C=O) groups is 2. The highest BCUT2D eigenvalue weighted by atomic mass is 16.6. The van der Waals surface area contributed by atoms with Gasteiger partial charge < -0.3 is 19.7 Å². The lowest BCUT2D eigenvalue weighted by atomic mass is 10.2. The summed E-state index contributed by atoms with van der Waals surface area (Å²) >= 11 is 0. The number of hydrogen-bond donors (Lipinski definition) is 1. The molecule has 11 nitrogen and oxygen atoms in total. The lowest BCUT2D eigenvalue weighted by Gasteiger charge is -2.23. The van der Waals surface area contributed by atoms with Crippen molar-refractivity contribution >= 4 is 29.3 Å². The van der Waals surface area contributed by atoms with Gasteiger partial charge in [-0.25, -0.2) is 9.97 Å². The van der Waals surface area contributed by atoms with E-state index in [4.69, 9.17) is 9.47 Å². The van der Waals surface area contributed by atoms with Crippen molar-refractivity contribution < 1.29 is 24.0 Å². The van der Waals surface area contributed by atoms with Crippen molar-refractivity contribution in [2.75, 3.05) is 30.4 Å². The molecule has 184 valence electrons. The van der Waals surface area contributed by atoms with Gasteiger partial charge in [-0.05, 0) is 39.2 Å². The van der Waals surface area contributed by atoms with Crippen LogP contribution < -0.4 is 10.2 Å². The minimum Gasteiger partial charge on any atom is -0.461 e. The molecule has 0 spiro atoms. The third kappa shape index (κ3) is 9.00. The molecule has 34 heavy (non-hydrogen) atoms. The van der Waals surface area contributed by atoms with Gasteiger partial charge in [0.05, 0.1) is 4.92 Å². The molecule has 0 saturated carbocycles. The van der Waals surface area contributed by atoms with E-state index in [1.807, 2.05) is 30.3 Å². The fraction of sp³-hybridized carbons (Fsp3) is 0.478. The molecule has 0 atom stereocenters. The van der Waals surface area contributed by atoms with Gasteiger partial charge in [-0.1, -0.05) is 30.3 Å². The quantitative estimate of drug-likeness (QED) is 0.211. The van der Waals surface area contributed by atoms with Crippen LogP contribution in [0.2, 0.25) is 0 Å². The number of unbranched alkanes of at least 4 members (excludes halogenated alkanes) is 1. The number of nitrogens with zero attached hydrogens (tertiary/aromatic N) is 4. The Kier molecular flexibility index (Phi) is 9.72. The second-order valence-electron chi connectivity index (χ2n) is 8.62. The zero-order valence-corrected chi connectivity index (χ0v) is 19.9. The van der Waals surface area contributed by atoms with Crippen molar-refractivity contribution in [2.45, 2.75) is 52.2 Å². The van der Waals surface area contributed by atoms with Gasteiger partial charge in [0.25, 0.3) is 0 Å². The Morgan fingerprint density at radius 3 is 2.47 bits per heavy atom. The number of nitrogens with one attached hydrogen (secondary N) is 1. The van der Waals surface area contributed by atoms with Gasteiger partial charge >= 0.3 is 17.6 Å². The molecule has 1 heterocycles. The van der Waals surface area contributed by atoms with E-state index in [0.29, 0.717) is 19.4 Å². The Morgan fingerprint density at radius 2 is 1.82 bits per heavy atom. The minimum absolute atomic E-state index is 0.00199. The first kappa shape index (κ1) is 26.5. The number of anilines is 2. The normalized spacial score (nSPS) is 10.9. The Balaban J connectivity index is 1.86. The van der Waals surface area contributed by atoms with Gasteiger partial charge in [0.2, 0.25) is 11.6 Å². The summed E-state index contributed by atoms with van der Waals surface area (Å²) in [5, 5.41) is 14.6. The molecule has 1 aromatic heterocycles. The molecule has 0 aliphatic rings. The molecule has 0 saturated heterocycles. The second kappa shape index (κ2) is 12.5. The number of hydrogen-bond acceptors (Lipinski definition) is 10. The lowest BCUT2D eigenvalue weighted by Crippen LogP contribution is -2.33. The van der Waals surface area contributed by atoms with Crippen molar-refractivity contribution in [1.82, 2.24) is 9.97 Å². The van der Waals surface area contributed by atoms with Crippen LogP contribution in [0.25, 0.3) is 0 Å². The largest absolute Gasteiger partial charge is 0.461 e. The third-order valence-electron chi connectivity index (χ3n) is 4.48. The summed E-state index contributed by atoms with van der Waals surface area (Å²) in [7, 11) is 1.52. The Morgan fingerprint density at radius 1 is 1.12 bits per heavy atom. The molecule has 0 aliphatic carbocycles. The molecule has 11 heteroatoms. The predicted molar refractivity (Wildman–Crippen MR) is 126 cm³/mol. The van der Waals surface area contributed by atoms with Gasteiger partial charge in [0.1, 0.15) is 25.1 Å². The lowest BCUT2D eigenvalue weighted by molar-refractivity contribution is -0.383. The number of rotatable bonds is 12. The highest BCUT2D eigenvalue weighted by molar-refractivity contribution is 5.78. The Bertz CT molecular complexity index is 978. The van der Waals surface area contributed by atoms with Crippen molar-refractivity contribution in [3.63, 3.8) is 0 Å². The van der Waals surface area contributed by atoms with E-state index in [9.17, 15) is 19.7 Å². The zero-order chi connectivity index (χ0) is 25.1. The fourth-order valence-corrected chi connectivity index (χ4v) is 3.00. The smallest absolute Gasteiger partial charge is 0.353 e. The van der Waals surface area contributed by atoms with Gasteiger partial charge in [0, 0.05) is 20.0 Å². The molecule has 1 N–H and O–H groups in total. The Labute approximate surface area is 198 Å². The van der Waals surface area contributed by atoms with Crippen LogP contribution in [-0.4, -0.2) is 52.6 Å². The number of benzene rings is 1. The summed E-state index contributed by atoms with van der Waals surface area (Å²) < 4.78 is 10.5. The zero-order valence-electron chi connectivity index (χ0n) is 19.9. The highest BCUT2D eigenvalue weighted by Crippen LogP contribution is 2.31. The van der Waals surface area contributed by atoms with Crippen LogP contribution in [0.1, 0.15) is 45.6 Å². The first-order valence-corrected chi connectivity index (χ1v) is 10.9. The molecule has 1 aromatic carbocycles. The van der Waals surface area contributed by atoms with Crippen LogP contribution in [0.4, 0.5) is 17.3 Å². The van der Waals surface area contributed by atoms with Gasteiger partial charge in [-0.3, -0.25) is 19.7 Å². The summed E-state index contributed by atoms with van der Waals surface area (Å²) in [6.45, 7) is 5.60. The number of ether oxygens (including phenoxy) is 2. The molecule has 2 rings (SSSR count). The van der Waals surface area contributed by atoms with Crippen LogP contribution in [-0.2, 0) is 25.7 Å². The second-order valence-corrected chi connectivity index (χ2v) is 8.62. The van der Waals surface area contributed by atoms with Crippen LogP contribution in [0.15, 0.2) is 36.7 Å². The maximum absolute atomic E-state index is 12.1. The SMILES string of the molecule is CN(CC(=O)OC(C)(C)C)c1ncnc(NCCCCC(=O)OCc2ccccc2)c1[N+](=O)[O-]. The number of aromatic nitrogens is 2. The number of carbonyl (C=O) groups excluding carboxylic acids is 2. The number of nitro groups is 1. The van der Waals surface area contributed by atoms with Gasteiger partial charge in [-0.15, -0.1) is 0 Å². The van der Waals surface area contributed by atoms with Crippen LogP contribution in [0.5, 0.6) is 0 Å². The average molecular weight is 474 g/mol. The molecule has 2 aromatic rings. The average Bonchev–Trinajstić information content (AvgIpc) is 2.76. The maximum Gasteiger partial charge on any atom is 0.353 e. The number of esters is 2. The standard InChI is InChI=1S/C23H31N5O6/c1-23(2,3)34-19(30)14-27(4)22-20(28(31)32)21(25-16-26-22)24-13-9-8-12-18(29)33-15-17-10-6-5-7-11-17/h5-7,10-11,16H,8-9,12-15H2,1-4H3,(H,24,25,26). The molecule has 0 unspecified atom stereocenters. The summed E-state index contributed by atoms with van der Waals surface area (Å²) in [5.41, 5.74) is -0.0900. The molecule has 0 radical (unpaired) electrons. The van der Waals surface area contributed by atoms with Crippen molar-refractivity contribution in [2.24, 2.45) is 0 Å². The molecular formula is C23H31N5O6. The van der Waals surface area contributed by atoms with E-state index in [0.717, 1.165) is 5.56 Å². The van der Waals surface area contributed by atoms with Gasteiger partial charge in [-0.2, -0.15) is 0 Å².